The number of rotatable bonds is 10. The van der Waals surface area contributed by atoms with Crippen molar-refractivity contribution in [1.82, 2.24) is 4.98 Å². The first kappa shape index (κ1) is 23.4. The van der Waals surface area contributed by atoms with Crippen molar-refractivity contribution < 1.29 is 9.13 Å². The van der Waals surface area contributed by atoms with E-state index in [0.29, 0.717) is 17.4 Å². The van der Waals surface area contributed by atoms with Crippen molar-refractivity contribution in [1.29, 1.82) is 5.26 Å². The van der Waals surface area contributed by atoms with E-state index in [-0.39, 0.29) is 5.82 Å². The van der Waals surface area contributed by atoms with Crippen LogP contribution in [0.15, 0.2) is 72.9 Å². The number of unbranched alkanes of at least 4 members (excludes halogenated alkanes) is 1. The number of ether oxygens (including phenoxy) is 1. The molecule has 0 spiro atoms. The fraction of sp³-hybridized carbons (Fsp3) is 0.267. The molecule has 1 aromatic heterocycles. The van der Waals surface area contributed by atoms with Crippen molar-refractivity contribution in [3.8, 4) is 11.8 Å². The predicted octanol–water partition coefficient (Wildman–Crippen LogP) is 6.99. The number of hydrogen-bond acceptors (Lipinski definition) is 3. The summed E-state index contributed by atoms with van der Waals surface area (Å²) in [4.78, 5) is 4.51. The Morgan fingerprint density at radius 2 is 1.68 bits per heavy atom. The minimum Gasteiger partial charge on any atom is -0.492 e. The number of fused-ring (bicyclic) bond motifs is 1. The summed E-state index contributed by atoms with van der Waals surface area (Å²) in [6.45, 7) is 2.87. The van der Waals surface area contributed by atoms with E-state index in [4.69, 9.17) is 10.00 Å². The van der Waals surface area contributed by atoms with Crippen LogP contribution in [0.5, 0.6) is 5.75 Å². The highest BCUT2D eigenvalue weighted by molar-refractivity contribution is 5.84. The molecule has 3 aromatic carbocycles. The van der Waals surface area contributed by atoms with Gasteiger partial charge in [0.25, 0.3) is 0 Å². The standard InChI is InChI=1S/C30H29FN2O/c1-2-3-18-34-28-16-15-27(33-21-28)14-9-23-10-17-29-26(19-23)13-12-25(30(29)31)11-8-22-4-6-24(20-32)7-5-22/h4-7,10,12-13,15-17,19,21H,2-3,8-9,11,14,18H2,1H3. The number of aromatic nitrogens is 1. The monoisotopic (exact) mass is 452 g/mol. The van der Waals surface area contributed by atoms with Crippen molar-refractivity contribution in [2.75, 3.05) is 6.61 Å². The van der Waals surface area contributed by atoms with Crippen molar-refractivity contribution >= 4 is 10.8 Å². The number of nitriles is 1. The number of aryl methyl sites for hydroxylation is 4. The second kappa shape index (κ2) is 11.4. The smallest absolute Gasteiger partial charge is 0.137 e. The lowest BCUT2D eigenvalue weighted by molar-refractivity contribution is 0.308. The van der Waals surface area contributed by atoms with E-state index in [9.17, 15) is 0 Å². The maximum absolute atomic E-state index is 15.2. The molecule has 0 bridgehead atoms. The Kier molecular flexibility index (Phi) is 7.88. The van der Waals surface area contributed by atoms with Gasteiger partial charge in [-0.25, -0.2) is 4.39 Å². The maximum Gasteiger partial charge on any atom is 0.137 e. The van der Waals surface area contributed by atoms with Gasteiger partial charge in [0.05, 0.1) is 24.4 Å². The average molecular weight is 453 g/mol. The van der Waals surface area contributed by atoms with E-state index in [1.54, 1.807) is 18.3 Å². The molecule has 1 heterocycles. The molecule has 0 amide bonds. The Bertz CT molecular complexity index is 1270. The van der Waals surface area contributed by atoms with Gasteiger partial charge in [0.2, 0.25) is 0 Å². The van der Waals surface area contributed by atoms with Gasteiger partial charge in [-0.3, -0.25) is 4.98 Å². The van der Waals surface area contributed by atoms with Gasteiger partial charge in [0, 0.05) is 11.1 Å². The van der Waals surface area contributed by atoms with Crippen LogP contribution in [-0.2, 0) is 25.7 Å². The Balaban J connectivity index is 1.37. The summed E-state index contributed by atoms with van der Waals surface area (Å²) in [6.07, 6.45) is 6.98. The molecule has 172 valence electrons. The highest BCUT2D eigenvalue weighted by Crippen LogP contribution is 2.24. The highest BCUT2D eigenvalue weighted by atomic mass is 19.1. The molecule has 4 rings (SSSR count). The van der Waals surface area contributed by atoms with Crippen LogP contribution >= 0.6 is 0 Å². The number of hydrogen-bond donors (Lipinski definition) is 0. The van der Waals surface area contributed by atoms with Crippen LogP contribution in [-0.4, -0.2) is 11.6 Å². The zero-order valence-corrected chi connectivity index (χ0v) is 19.6. The molecule has 0 saturated carbocycles. The molecule has 0 aliphatic heterocycles. The molecular formula is C30H29FN2O. The molecule has 0 radical (unpaired) electrons. The molecule has 34 heavy (non-hydrogen) atoms. The van der Waals surface area contributed by atoms with Crippen LogP contribution in [0.25, 0.3) is 10.8 Å². The minimum absolute atomic E-state index is 0.141. The van der Waals surface area contributed by atoms with Crippen LogP contribution in [0.2, 0.25) is 0 Å². The number of halogens is 1. The topological polar surface area (TPSA) is 45.9 Å². The van der Waals surface area contributed by atoms with Crippen molar-refractivity contribution in [3.63, 3.8) is 0 Å². The normalized spacial score (nSPS) is 10.9. The zero-order chi connectivity index (χ0) is 23.8. The molecule has 4 heteroatoms. The Morgan fingerprint density at radius 3 is 2.41 bits per heavy atom. The number of nitrogens with zero attached hydrogens (tertiary/aromatic N) is 2. The van der Waals surface area contributed by atoms with Crippen molar-refractivity contribution in [2.24, 2.45) is 0 Å². The molecule has 0 aliphatic carbocycles. The molecule has 0 saturated heterocycles. The first-order chi connectivity index (χ1) is 16.7. The van der Waals surface area contributed by atoms with Gasteiger partial charge in [-0.1, -0.05) is 55.8 Å². The fourth-order valence-corrected chi connectivity index (χ4v) is 4.01. The second-order valence-electron chi connectivity index (χ2n) is 8.59. The molecule has 0 unspecified atom stereocenters. The van der Waals surface area contributed by atoms with E-state index in [1.165, 1.54) is 5.56 Å². The molecular weight excluding hydrogens is 423 g/mol. The number of benzene rings is 3. The van der Waals surface area contributed by atoms with E-state index >= 15 is 4.39 Å². The highest BCUT2D eigenvalue weighted by Gasteiger charge is 2.09. The molecule has 0 fully saturated rings. The number of pyridine rings is 1. The first-order valence-corrected chi connectivity index (χ1v) is 11.9. The maximum atomic E-state index is 15.2. The van der Waals surface area contributed by atoms with Gasteiger partial charge >= 0.3 is 0 Å². The Labute approximate surface area is 200 Å². The second-order valence-corrected chi connectivity index (χ2v) is 8.59. The van der Waals surface area contributed by atoms with Gasteiger partial charge in [-0.2, -0.15) is 5.26 Å². The van der Waals surface area contributed by atoms with Gasteiger partial charge in [-0.15, -0.1) is 0 Å². The van der Waals surface area contributed by atoms with E-state index in [0.717, 1.165) is 66.7 Å². The van der Waals surface area contributed by atoms with Crippen LogP contribution in [0.4, 0.5) is 4.39 Å². The third-order valence-corrected chi connectivity index (χ3v) is 6.10. The summed E-state index contributed by atoms with van der Waals surface area (Å²) in [5.41, 5.74) is 4.65. The lowest BCUT2D eigenvalue weighted by Crippen LogP contribution is -1.99. The fourth-order valence-electron chi connectivity index (χ4n) is 4.01. The van der Waals surface area contributed by atoms with Crippen molar-refractivity contribution in [3.05, 3.63) is 107 Å². The van der Waals surface area contributed by atoms with E-state index in [1.807, 2.05) is 48.5 Å². The van der Waals surface area contributed by atoms with Gasteiger partial charge in [0.1, 0.15) is 11.6 Å². The van der Waals surface area contributed by atoms with Crippen LogP contribution < -0.4 is 4.74 Å². The summed E-state index contributed by atoms with van der Waals surface area (Å²) in [6, 6.07) is 23.5. The van der Waals surface area contributed by atoms with Gasteiger partial charge in [0.15, 0.2) is 0 Å². The lowest BCUT2D eigenvalue weighted by atomic mass is 9.97. The molecule has 0 atom stereocenters. The average Bonchev–Trinajstić information content (AvgIpc) is 2.88. The minimum atomic E-state index is -0.141. The third-order valence-electron chi connectivity index (χ3n) is 6.10. The van der Waals surface area contributed by atoms with Gasteiger partial charge in [-0.05, 0) is 78.4 Å². The predicted molar refractivity (Wildman–Crippen MR) is 135 cm³/mol. The zero-order valence-electron chi connectivity index (χ0n) is 19.6. The molecule has 3 nitrogen and oxygen atoms in total. The lowest BCUT2D eigenvalue weighted by Gasteiger charge is -2.09. The summed E-state index contributed by atoms with van der Waals surface area (Å²) in [5.74, 6) is 0.673. The Morgan fingerprint density at radius 1 is 0.882 bits per heavy atom. The molecule has 0 aliphatic rings. The van der Waals surface area contributed by atoms with Crippen molar-refractivity contribution in [2.45, 2.75) is 45.4 Å². The Hall–Kier alpha value is -3.71. The van der Waals surface area contributed by atoms with E-state index in [2.05, 4.69) is 24.0 Å². The summed E-state index contributed by atoms with van der Waals surface area (Å²) in [7, 11) is 0. The summed E-state index contributed by atoms with van der Waals surface area (Å²) >= 11 is 0. The van der Waals surface area contributed by atoms with Crippen LogP contribution in [0, 0.1) is 17.1 Å². The van der Waals surface area contributed by atoms with Crippen LogP contribution in [0.3, 0.4) is 0 Å². The summed E-state index contributed by atoms with van der Waals surface area (Å²) < 4.78 is 20.8. The summed E-state index contributed by atoms with van der Waals surface area (Å²) in [5, 5.41) is 10.5. The first-order valence-electron chi connectivity index (χ1n) is 11.9. The third kappa shape index (κ3) is 5.99. The molecule has 0 N–H and O–H groups in total. The van der Waals surface area contributed by atoms with Crippen LogP contribution in [0.1, 0.15) is 47.7 Å². The quantitative estimate of drug-likeness (QED) is 0.244. The van der Waals surface area contributed by atoms with Gasteiger partial charge < -0.3 is 4.74 Å². The largest absolute Gasteiger partial charge is 0.492 e. The molecule has 4 aromatic rings. The van der Waals surface area contributed by atoms with E-state index < -0.39 is 0 Å². The SMILES string of the molecule is CCCCOc1ccc(CCc2ccc3c(F)c(CCc4ccc(C#N)cc4)ccc3c2)nc1.